The number of rotatable bonds is 6. The summed E-state index contributed by atoms with van der Waals surface area (Å²) in [5.41, 5.74) is 3.68. The number of fused-ring (bicyclic) bond motifs is 2. The number of hydrogen-bond donors (Lipinski definition) is 4. The van der Waals surface area contributed by atoms with Gasteiger partial charge in [-0.15, -0.1) is 0 Å². The van der Waals surface area contributed by atoms with Crippen LogP contribution in [0.2, 0.25) is 0 Å². The lowest BCUT2D eigenvalue weighted by atomic mass is 9.93. The Morgan fingerprint density at radius 2 is 1.28 bits per heavy atom. The number of hydrogen-bond acceptors (Lipinski definition) is 7. The first kappa shape index (κ1) is 28.8. The molecule has 0 spiro atoms. The molecule has 0 amide bonds. The zero-order valence-corrected chi connectivity index (χ0v) is 24.7. The average Bonchev–Trinajstić information content (AvgIpc) is 3.43. The number of phenols is 4. The molecule has 224 valence electrons. The van der Waals surface area contributed by atoms with Crippen LogP contribution in [0.3, 0.4) is 0 Å². The molecule has 4 heterocycles. The quantitative estimate of drug-likeness (QED) is 0.155. The number of aromatic hydroxyl groups is 4. The monoisotopic (exact) mass is 580 g/mol. The van der Waals surface area contributed by atoms with Crippen LogP contribution in [-0.4, -0.2) is 59.5 Å². The zero-order chi connectivity index (χ0) is 29.9. The standard InChI is InChI=1S/C35H40N4O4/c1-23-10-5-3-2-4-6-15-38(20-23)16-9-17-39-21-28(26-18-30(40)34(42)32-24(26)11-7-13-36-32)29(22-39)27-19-31(41)35(43)33-25(27)12-8-14-37-33/h7-8,11-14,18-19,21-23,40-43H,2-6,9-10,15-17,20H2,1H3/t23-/m0/s1. The van der Waals surface area contributed by atoms with E-state index in [1.807, 2.05) is 12.1 Å². The lowest BCUT2D eigenvalue weighted by molar-refractivity contribution is 0.214. The van der Waals surface area contributed by atoms with Crippen LogP contribution < -0.4 is 0 Å². The van der Waals surface area contributed by atoms with Crippen LogP contribution in [0, 0.1) is 5.92 Å². The second kappa shape index (κ2) is 12.5. The minimum atomic E-state index is -0.258. The molecule has 8 nitrogen and oxygen atoms in total. The van der Waals surface area contributed by atoms with E-state index in [9.17, 15) is 20.4 Å². The van der Waals surface area contributed by atoms with Crippen LogP contribution in [-0.2, 0) is 6.54 Å². The number of nitrogens with zero attached hydrogens (tertiary/aromatic N) is 4. The van der Waals surface area contributed by atoms with E-state index in [-0.39, 0.29) is 23.0 Å². The lowest BCUT2D eigenvalue weighted by Crippen LogP contribution is -2.31. The van der Waals surface area contributed by atoms with Gasteiger partial charge in [0.05, 0.1) is 0 Å². The molecular formula is C35H40N4O4. The fourth-order valence-corrected chi connectivity index (χ4v) is 6.60. The van der Waals surface area contributed by atoms with Gasteiger partial charge in [-0.2, -0.15) is 0 Å². The predicted octanol–water partition coefficient (Wildman–Crippen LogP) is 7.42. The second-order valence-corrected chi connectivity index (χ2v) is 12.0. The molecule has 1 saturated heterocycles. The van der Waals surface area contributed by atoms with E-state index in [0.29, 0.717) is 38.9 Å². The molecule has 0 bridgehead atoms. The molecule has 0 unspecified atom stereocenters. The van der Waals surface area contributed by atoms with Crippen LogP contribution >= 0.6 is 0 Å². The van der Waals surface area contributed by atoms with Crippen molar-refractivity contribution in [3.63, 3.8) is 0 Å². The van der Waals surface area contributed by atoms with E-state index >= 15 is 0 Å². The van der Waals surface area contributed by atoms with Gasteiger partial charge in [-0.05, 0) is 73.7 Å². The minimum absolute atomic E-state index is 0.252. The number of phenolic OH excluding ortho intramolecular Hbond substituents is 4. The Morgan fingerprint density at radius 3 is 1.88 bits per heavy atom. The summed E-state index contributed by atoms with van der Waals surface area (Å²) in [6.07, 6.45) is 16.2. The fraction of sp³-hybridized carbons (Fsp3) is 0.371. The highest BCUT2D eigenvalue weighted by molar-refractivity contribution is 6.07. The summed E-state index contributed by atoms with van der Waals surface area (Å²) in [7, 11) is 0. The lowest BCUT2D eigenvalue weighted by Gasteiger charge is -2.27. The summed E-state index contributed by atoms with van der Waals surface area (Å²) in [6, 6.07) is 10.5. The van der Waals surface area contributed by atoms with Gasteiger partial charge in [0, 0.05) is 59.8 Å². The highest BCUT2D eigenvalue weighted by Crippen LogP contribution is 2.46. The van der Waals surface area contributed by atoms with Crippen LogP contribution in [0.15, 0.2) is 61.2 Å². The number of pyridine rings is 2. The van der Waals surface area contributed by atoms with Crippen LogP contribution in [0.5, 0.6) is 23.0 Å². The summed E-state index contributed by atoms with van der Waals surface area (Å²) < 4.78 is 2.16. The molecule has 1 aliphatic heterocycles. The molecule has 6 rings (SSSR count). The van der Waals surface area contributed by atoms with Crippen molar-refractivity contribution in [2.24, 2.45) is 5.92 Å². The van der Waals surface area contributed by atoms with E-state index in [1.54, 1.807) is 36.7 Å². The van der Waals surface area contributed by atoms with E-state index in [2.05, 4.69) is 38.8 Å². The van der Waals surface area contributed by atoms with Crippen molar-refractivity contribution in [1.29, 1.82) is 0 Å². The molecule has 4 N–H and O–H groups in total. The molecule has 8 heteroatoms. The summed E-state index contributed by atoms with van der Waals surface area (Å²) in [4.78, 5) is 11.3. The van der Waals surface area contributed by atoms with Crippen molar-refractivity contribution < 1.29 is 20.4 Å². The summed E-state index contributed by atoms with van der Waals surface area (Å²) in [6.45, 7) is 6.46. The van der Waals surface area contributed by atoms with Gasteiger partial charge in [-0.1, -0.05) is 44.7 Å². The molecule has 0 radical (unpaired) electrons. The Kier molecular flexibility index (Phi) is 8.38. The van der Waals surface area contributed by atoms with Crippen LogP contribution in [0.25, 0.3) is 44.1 Å². The molecule has 3 aromatic heterocycles. The van der Waals surface area contributed by atoms with E-state index in [1.165, 1.54) is 38.5 Å². The third-order valence-electron chi connectivity index (χ3n) is 8.78. The fourth-order valence-electron chi connectivity index (χ4n) is 6.60. The third kappa shape index (κ3) is 5.97. The maximum atomic E-state index is 10.7. The smallest absolute Gasteiger partial charge is 0.184 e. The Hall–Kier alpha value is -4.30. The van der Waals surface area contributed by atoms with Gasteiger partial charge in [0.15, 0.2) is 23.0 Å². The van der Waals surface area contributed by atoms with E-state index < -0.39 is 0 Å². The number of benzene rings is 2. The largest absolute Gasteiger partial charge is 0.504 e. The maximum Gasteiger partial charge on any atom is 0.184 e. The van der Waals surface area contributed by atoms with Crippen molar-refractivity contribution in [2.75, 3.05) is 19.6 Å². The third-order valence-corrected chi connectivity index (χ3v) is 8.78. The highest BCUT2D eigenvalue weighted by atomic mass is 16.3. The Bertz CT molecular complexity index is 1640. The van der Waals surface area contributed by atoms with Crippen LogP contribution in [0.1, 0.15) is 51.9 Å². The molecule has 1 fully saturated rings. The highest BCUT2D eigenvalue weighted by Gasteiger charge is 2.22. The van der Waals surface area contributed by atoms with Crippen LogP contribution in [0.4, 0.5) is 0 Å². The SMILES string of the molecule is C[C@H]1CCCCCCCN(CCCn2cc(-c3cc(O)c(O)c4ncccc34)c(-c3cc(O)c(O)c4ncccc34)c2)C1. The van der Waals surface area contributed by atoms with Gasteiger partial charge in [0.25, 0.3) is 0 Å². The minimum Gasteiger partial charge on any atom is -0.504 e. The van der Waals surface area contributed by atoms with Gasteiger partial charge in [0.1, 0.15) is 11.0 Å². The molecule has 0 aliphatic carbocycles. The predicted molar refractivity (Wildman–Crippen MR) is 170 cm³/mol. The molecular weight excluding hydrogens is 540 g/mol. The molecule has 0 saturated carbocycles. The summed E-state index contributed by atoms with van der Waals surface area (Å²) >= 11 is 0. The Morgan fingerprint density at radius 1 is 0.721 bits per heavy atom. The summed E-state index contributed by atoms with van der Waals surface area (Å²) in [5.74, 6) is -0.315. The van der Waals surface area contributed by atoms with Gasteiger partial charge < -0.3 is 29.9 Å². The Labute approximate surface area is 251 Å². The number of aryl methyl sites for hydroxylation is 1. The van der Waals surface area contributed by atoms with Gasteiger partial charge in [-0.3, -0.25) is 9.97 Å². The first-order chi connectivity index (χ1) is 20.9. The van der Waals surface area contributed by atoms with E-state index in [4.69, 9.17) is 0 Å². The average molecular weight is 581 g/mol. The first-order valence-electron chi connectivity index (χ1n) is 15.4. The topological polar surface area (TPSA) is 115 Å². The summed E-state index contributed by atoms with van der Waals surface area (Å²) in [5, 5.41) is 43.9. The normalized spacial score (nSPS) is 17.0. The molecule has 2 aromatic carbocycles. The van der Waals surface area contributed by atoms with Crippen molar-refractivity contribution in [3.8, 4) is 45.3 Å². The second-order valence-electron chi connectivity index (χ2n) is 12.0. The van der Waals surface area contributed by atoms with Gasteiger partial charge in [-0.25, -0.2) is 0 Å². The van der Waals surface area contributed by atoms with Crippen molar-refractivity contribution in [1.82, 2.24) is 19.4 Å². The number of aromatic nitrogens is 3. The maximum absolute atomic E-state index is 10.7. The zero-order valence-electron chi connectivity index (χ0n) is 24.7. The van der Waals surface area contributed by atoms with Crippen molar-refractivity contribution in [3.05, 3.63) is 61.2 Å². The molecule has 1 atom stereocenters. The van der Waals surface area contributed by atoms with Crippen molar-refractivity contribution in [2.45, 2.75) is 58.4 Å². The first-order valence-corrected chi connectivity index (χ1v) is 15.4. The molecule has 43 heavy (non-hydrogen) atoms. The van der Waals surface area contributed by atoms with Gasteiger partial charge >= 0.3 is 0 Å². The van der Waals surface area contributed by atoms with E-state index in [0.717, 1.165) is 43.7 Å². The molecule has 5 aromatic rings. The van der Waals surface area contributed by atoms with Gasteiger partial charge in [0.2, 0.25) is 0 Å². The molecule has 1 aliphatic rings. The van der Waals surface area contributed by atoms with Crippen molar-refractivity contribution >= 4 is 21.8 Å². The Balaban J connectivity index is 1.40.